The van der Waals surface area contributed by atoms with Gasteiger partial charge in [-0.2, -0.15) is 0 Å². The molecule has 0 spiro atoms. The Bertz CT molecular complexity index is 1130. The number of hydrogen-bond donors (Lipinski definition) is 3. The van der Waals surface area contributed by atoms with Gasteiger partial charge >= 0.3 is 0 Å². The highest BCUT2D eigenvalue weighted by Gasteiger charge is 2.30. The quantitative estimate of drug-likeness (QED) is 0.460. The first kappa shape index (κ1) is 24.2. The molecule has 0 saturated carbocycles. The fourth-order valence-corrected chi connectivity index (χ4v) is 4.51. The van der Waals surface area contributed by atoms with Crippen LogP contribution >= 0.6 is 11.6 Å². The molecule has 0 radical (unpaired) electrons. The van der Waals surface area contributed by atoms with Crippen molar-refractivity contribution < 1.29 is 9.59 Å². The minimum Gasteiger partial charge on any atom is -0.350 e. The van der Waals surface area contributed by atoms with E-state index < -0.39 is 0 Å². The molecule has 178 valence electrons. The van der Waals surface area contributed by atoms with Crippen LogP contribution in [0.5, 0.6) is 0 Å². The first-order valence-corrected chi connectivity index (χ1v) is 12.2. The Morgan fingerprint density at radius 1 is 1.09 bits per heavy atom. The highest BCUT2D eigenvalue weighted by atomic mass is 35.5. The lowest BCUT2D eigenvalue weighted by Gasteiger charge is -2.25. The average Bonchev–Trinajstić information content (AvgIpc) is 3.01. The summed E-state index contributed by atoms with van der Waals surface area (Å²) in [6, 6.07) is 21.0. The summed E-state index contributed by atoms with van der Waals surface area (Å²) >= 11 is 6.01. The SMILES string of the molecule is NCCC[C@H]1N[C@@H](CNC(=O)c2ccc3ccccc3c2)CCN(Cc2ccc(Cl)cc2)C1=O. The number of amides is 2. The molecule has 2 atom stereocenters. The molecule has 34 heavy (non-hydrogen) atoms. The van der Waals surface area contributed by atoms with Crippen LogP contribution in [0.2, 0.25) is 5.02 Å². The lowest BCUT2D eigenvalue weighted by atomic mass is 10.1. The van der Waals surface area contributed by atoms with Gasteiger partial charge in [0.25, 0.3) is 5.91 Å². The molecule has 1 saturated heterocycles. The monoisotopic (exact) mass is 478 g/mol. The Balaban J connectivity index is 1.41. The van der Waals surface area contributed by atoms with Crippen molar-refractivity contribution in [2.75, 3.05) is 19.6 Å². The van der Waals surface area contributed by atoms with Crippen LogP contribution in [0.15, 0.2) is 66.7 Å². The summed E-state index contributed by atoms with van der Waals surface area (Å²) in [4.78, 5) is 28.0. The fraction of sp³-hybridized carbons (Fsp3) is 0.333. The molecule has 1 aliphatic heterocycles. The number of carbonyl (C=O) groups excluding carboxylic acids is 2. The number of halogens is 1. The normalized spacial score (nSPS) is 18.6. The summed E-state index contributed by atoms with van der Waals surface area (Å²) in [6.07, 6.45) is 2.17. The van der Waals surface area contributed by atoms with Gasteiger partial charge in [0.2, 0.25) is 5.91 Å². The van der Waals surface area contributed by atoms with Crippen LogP contribution in [-0.2, 0) is 11.3 Å². The topological polar surface area (TPSA) is 87.5 Å². The van der Waals surface area contributed by atoms with Gasteiger partial charge in [0.15, 0.2) is 0 Å². The Labute approximate surface area is 205 Å². The predicted octanol–water partition coefficient (Wildman–Crippen LogP) is 3.72. The number of nitrogens with zero attached hydrogens (tertiary/aromatic N) is 1. The zero-order valence-electron chi connectivity index (χ0n) is 19.2. The largest absolute Gasteiger partial charge is 0.350 e. The standard InChI is InChI=1S/C27H31ClN4O2/c28-23-11-7-19(8-12-23)18-32-15-13-24(31-25(27(32)34)6-3-14-29)17-30-26(33)22-10-9-20-4-1-2-5-21(20)16-22/h1-2,4-5,7-12,16,24-25,31H,3,6,13-15,17-18,29H2,(H,30,33)/t24-,25-/m1/s1. The Hall–Kier alpha value is -2.93. The van der Waals surface area contributed by atoms with Crippen molar-refractivity contribution in [1.82, 2.24) is 15.5 Å². The highest BCUT2D eigenvalue weighted by molar-refractivity contribution is 6.30. The smallest absolute Gasteiger partial charge is 0.251 e. The van der Waals surface area contributed by atoms with Gasteiger partial charge in [-0.05, 0) is 66.4 Å². The fourth-order valence-electron chi connectivity index (χ4n) is 4.39. The Kier molecular flexibility index (Phi) is 8.16. The zero-order chi connectivity index (χ0) is 23.9. The molecule has 4 N–H and O–H groups in total. The van der Waals surface area contributed by atoms with Gasteiger partial charge in [0.05, 0.1) is 6.04 Å². The van der Waals surface area contributed by atoms with E-state index in [-0.39, 0.29) is 23.9 Å². The Morgan fingerprint density at radius 2 is 1.85 bits per heavy atom. The molecule has 0 bridgehead atoms. The molecule has 0 unspecified atom stereocenters. The summed E-state index contributed by atoms with van der Waals surface area (Å²) in [6.45, 7) is 2.13. The molecule has 1 aliphatic rings. The number of carbonyl (C=O) groups is 2. The number of nitrogens with one attached hydrogen (secondary N) is 2. The molecule has 2 amide bonds. The van der Waals surface area contributed by atoms with Crippen molar-refractivity contribution in [2.24, 2.45) is 5.73 Å². The van der Waals surface area contributed by atoms with Crippen LogP contribution in [0.3, 0.4) is 0 Å². The van der Waals surface area contributed by atoms with E-state index in [1.165, 1.54) is 0 Å². The van der Waals surface area contributed by atoms with E-state index in [9.17, 15) is 9.59 Å². The van der Waals surface area contributed by atoms with E-state index in [4.69, 9.17) is 17.3 Å². The van der Waals surface area contributed by atoms with Crippen molar-refractivity contribution in [3.05, 3.63) is 82.9 Å². The third-order valence-corrected chi connectivity index (χ3v) is 6.55. The number of rotatable bonds is 8. The maximum atomic E-state index is 13.3. The molecule has 3 aromatic rings. The molecule has 6 nitrogen and oxygen atoms in total. The van der Waals surface area contributed by atoms with Crippen LogP contribution in [0.1, 0.15) is 35.2 Å². The van der Waals surface area contributed by atoms with Crippen LogP contribution < -0.4 is 16.4 Å². The van der Waals surface area contributed by atoms with Crippen molar-refractivity contribution in [3.63, 3.8) is 0 Å². The van der Waals surface area contributed by atoms with Crippen molar-refractivity contribution in [2.45, 2.75) is 37.9 Å². The van der Waals surface area contributed by atoms with Crippen LogP contribution in [-0.4, -0.2) is 48.4 Å². The minimum atomic E-state index is -0.319. The summed E-state index contributed by atoms with van der Waals surface area (Å²) in [5.41, 5.74) is 7.39. The number of fused-ring (bicyclic) bond motifs is 1. The average molecular weight is 479 g/mol. The third kappa shape index (κ3) is 6.14. The van der Waals surface area contributed by atoms with E-state index in [0.29, 0.717) is 43.2 Å². The summed E-state index contributed by atoms with van der Waals surface area (Å²) in [5.74, 6) is -0.0357. The van der Waals surface area contributed by atoms with Crippen LogP contribution in [0.25, 0.3) is 10.8 Å². The van der Waals surface area contributed by atoms with E-state index >= 15 is 0 Å². The minimum absolute atomic E-state index is 0.00801. The molecule has 7 heteroatoms. The molecular formula is C27H31ClN4O2. The van der Waals surface area contributed by atoms with Gasteiger partial charge < -0.3 is 21.3 Å². The van der Waals surface area contributed by atoms with E-state index in [0.717, 1.165) is 29.2 Å². The van der Waals surface area contributed by atoms with Gasteiger partial charge in [0, 0.05) is 36.3 Å². The van der Waals surface area contributed by atoms with Gasteiger partial charge in [-0.15, -0.1) is 0 Å². The van der Waals surface area contributed by atoms with Crippen molar-refractivity contribution in [1.29, 1.82) is 0 Å². The van der Waals surface area contributed by atoms with Gasteiger partial charge in [-0.1, -0.05) is 54.1 Å². The maximum Gasteiger partial charge on any atom is 0.251 e. The van der Waals surface area contributed by atoms with E-state index in [1.807, 2.05) is 71.6 Å². The predicted molar refractivity (Wildman–Crippen MR) is 137 cm³/mol. The van der Waals surface area contributed by atoms with E-state index in [2.05, 4.69) is 10.6 Å². The van der Waals surface area contributed by atoms with Crippen molar-refractivity contribution >= 4 is 34.2 Å². The molecule has 0 aliphatic carbocycles. The molecular weight excluding hydrogens is 448 g/mol. The second-order valence-electron chi connectivity index (χ2n) is 8.79. The first-order chi connectivity index (χ1) is 16.5. The second-order valence-corrected chi connectivity index (χ2v) is 9.23. The van der Waals surface area contributed by atoms with Gasteiger partial charge in [-0.3, -0.25) is 9.59 Å². The summed E-state index contributed by atoms with van der Waals surface area (Å²) < 4.78 is 0. The first-order valence-electron chi connectivity index (χ1n) is 11.8. The molecule has 4 rings (SSSR count). The highest BCUT2D eigenvalue weighted by Crippen LogP contribution is 2.18. The van der Waals surface area contributed by atoms with Crippen LogP contribution in [0, 0.1) is 0 Å². The van der Waals surface area contributed by atoms with Crippen molar-refractivity contribution in [3.8, 4) is 0 Å². The summed E-state index contributed by atoms with van der Waals surface area (Å²) in [5, 5.41) is 9.35. The second kappa shape index (κ2) is 11.5. The van der Waals surface area contributed by atoms with Gasteiger partial charge in [-0.25, -0.2) is 0 Å². The van der Waals surface area contributed by atoms with Gasteiger partial charge in [0.1, 0.15) is 0 Å². The molecule has 3 aromatic carbocycles. The maximum absolute atomic E-state index is 13.3. The molecule has 0 aromatic heterocycles. The lowest BCUT2D eigenvalue weighted by Crippen LogP contribution is -2.48. The number of hydrogen-bond acceptors (Lipinski definition) is 4. The van der Waals surface area contributed by atoms with E-state index in [1.54, 1.807) is 0 Å². The number of benzene rings is 3. The molecule has 1 heterocycles. The third-order valence-electron chi connectivity index (χ3n) is 6.30. The number of nitrogens with two attached hydrogens (primary N) is 1. The summed E-state index contributed by atoms with van der Waals surface area (Å²) in [7, 11) is 0. The molecule has 1 fully saturated rings. The lowest BCUT2D eigenvalue weighted by molar-refractivity contribution is -0.133. The zero-order valence-corrected chi connectivity index (χ0v) is 19.9. The Morgan fingerprint density at radius 3 is 2.62 bits per heavy atom. The van der Waals surface area contributed by atoms with Crippen LogP contribution in [0.4, 0.5) is 0 Å².